The molecule has 0 bridgehead atoms. The van der Waals surface area contributed by atoms with Crippen LogP contribution in [-0.2, 0) is 6.42 Å². The fourth-order valence-electron chi connectivity index (χ4n) is 4.33. The number of aromatic nitrogens is 2. The summed E-state index contributed by atoms with van der Waals surface area (Å²) in [5.41, 5.74) is 7.18. The number of fused-ring (bicyclic) bond motifs is 1. The number of nitrogens with zero attached hydrogens (tertiary/aromatic N) is 2. The summed E-state index contributed by atoms with van der Waals surface area (Å²) >= 11 is 0. The first-order valence-corrected chi connectivity index (χ1v) is 10.7. The van der Waals surface area contributed by atoms with E-state index in [-0.39, 0.29) is 0 Å². The van der Waals surface area contributed by atoms with Gasteiger partial charge in [-0.1, -0.05) is 39.3 Å². The largest absolute Gasteiger partial charge is 0.438 e. The van der Waals surface area contributed by atoms with Gasteiger partial charge in [-0.3, -0.25) is 0 Å². The number of pyridine rings is 1. The SMILES string of the molecule is CCCc1cc(C)c(Oc2nc(C)cc3c2c(C)cn3C(CC)CC)c(C)c1. The van der Waals surface area contributed by atoms with E-state index in [4.69, 9.17) is 9.72 Å². The van der Waals surface area contributed by atoms with Gasteiger partial charge in [0.15, 0.2) is 0 Å². The van der Waals surface area contributed by atoms with Crippen molar-refractivity contribution in [3.63, 3.8) is 0 Å². The van der Waals surface area contributed by atoms with Gasteiger partial charge in [-0.05, 0) is 75.3 Å². The Balaban J connectivity index is 2.12. The Bertz CT molecular complexity index is 957. The van der Waals surface area contributed by atoms with Crippen LogP contribution in [-0.4, -0.2) is 9.55 Å². The molecule has 0 aliphatic carbocycles. The lowest BCUT2D eigenvalue weighted by atomic mass is 10.0. The fourth-order valence-corrected chi connectivity index (χ4v) is 4.33. The van der Waals surface area contributed by atoms with Crippen molar-refractivity contribution in [3.05, 3.63) is 52.3 Å². The summed E-state index contributed by atoms with van der Waals surface area (Å²) in [7, 11) is 0. The van der Waals surface area contributed by atoms with Crippen molar-refractivity contribution in [1.29, 1.82) is 0 Å². The molecule has 0 saturated heterocycles. The number of hydrogen-bond acceptors (Lipinski definition) is 2. The third-order valence-corrected chi connectivity index (χ3v) is 5.69. The maximum atomic E-state index is 6.48. The van der Waals surface area contributed by atoms with Gasteiger partial charge in [-0.25, -0.2) is 4.98 Å². The summed E-state index contributed by atoms with van der Waals surface area (Å²) in [5, 5.41) is 1.13. The number of hydrogen-bond donors (Lipinski definition) is 0. The molecule has 0 spiro atoms. The van der Waals surface area contributed by atoms with Crippen molar-refractivity contribution in [3.8, 4) is 11.6 Å². The molecule has 2 heterocycles. The minimum Gasteiger partial charge on any atom is -0.438 e. The molecule has 150 valence electrons. The first-order chi connectivity index (χ1) is 13.4. The van der Waals surface area contributed by atoms with Gasteiger partial charge in [0.1, 0.15) is 5.75 Å². The van der Waals surface area contributed by atoms with Crippen molar-refractivity contribution in [2.75, 3.05) is 0 Å². The molecule has 0 unspecified atom stereocenters. The van der Waals surface area contributed by atoms with Gasteiger partial charge in [-0.2, -0.15) is 0 Å². The van der Waals surface area contributed by atoms with Crippen LogP contribution in [0.15, 0.2) is 24.4 Å². The predicted molar refractivity (Wildman–Crippen MR) is 119 cm³/mol. The van der Waals surface area contributed by atoms with E-state index in [1.54, 1.807) is 0 Å². The minimum atomic E-state index is 0.502. The van der Waals surface area contributed by atoms with Crippen molar-refractivity contribution < 1.29 is 4.74 Å². The van der Waals surface area contributed by atoms with E-state index < -0.39 is 0 Å². The average Bonchev–Trinajstić information content (AvgIpc) is 2.96. The standard InChI is InChI=1S/C25H34N2O/c1-8-11-20-12-16(4)24(17(5)13-20)28-25-23-18(6)15-27(21(9-2)10-3)22(23)14-19(7)26-25/h12-15,21H,8-11H2,1-7H3. The lowest BCUT2D eigenvalue weighted by molar-refractivity contribution is 0.459. The molecule has 0 aliphatic heterocycles. The molecular weight excluding hydrogens is 344 g/mol. The zero-order valence-electron chi connectivity index (χ0n) is 18.5. The van der Waals surface area contributed by atoms with E-state index >= 15 is 0 Å². The molecule has 0 fully saturated rings. The van der Waals surface area contributed by atoms with E-state index in [1.165, 1.54) is 27.8 Å². The summed E-state index contributed by atoms with van der Waals surface area (Å²) in [6.45, 7) is 15.2. The van der Waals surface area contributed by atoms with E-state index in [9.17, 15) is 0 Å². The van der Waals surface area contributed by atoms with E-state index in [2.05, 4.69) is 77.4 Å². The first kappa shape index (κ1) is 20.4. The molecule has 0 saturated carbocycles. The van der Waals surface area contributed by atoms with E-state index in [0.29, 0.717) is 6.04 Å². The Kier molecular flexibility index (Phi) is 6.12. The van der Waals surface area contributed by atoms with Crippen LogP contribution >= 0.6 is 0 Å². The second kappa shape index (κ2) is 8.38. The molecule has 2 aromatic heterocycles. The Morgan fingerprint density at radius 1 is 0.929 bits per heavy atom. The van der Waals surface area contributed by atoms with Crippen LogP contribution in [0.2, 0.25) is 0 Å². The van der Waals surface area contributed by atoms with Crippen LogP contribution in [0.1, 0.15) is 74.0 Å². The van der Waals surface area contributed by atoms with Gasteiger partial charge in [0.2, 0.25) is 5.88 Å². The van der Waals surface area contributed by atoms with Crippen LogP contribution in [0.4, 0.5) is 0 Å². The number of aryl methyl sites for hydroxylation is 5. The summed E-state index contributed by atoms with van der Waals surface area (Å²) in [6, 6.07) is 7.20. The third kappa shape index (κ3) is 3.80. The molecule has 0 amide bonds. The van der Waals surface area contributed by atoms with Gasteiger partial charge in [-0.15, -0.1) is 0 Å². The van der Waals surface area contributed by atoms with Crippen LogP contribution < -0.4 is 4.74 Å². The zero-order chi connectivity index (χ0) is 20.4. The van der Waals surface area contributed by atoms with Crippen molar-refractivity contribution >= 4 is 10.9 Å². The fraction of sp³-hybridized carbons (Fsp3) is 0.480. The summed E-state index contributed by atoms with van der Waals surface area (Å²) in [4.78, 5) is 4.79. The molecule has 3 rings (SSSR count). The molecule has 3 nitrogen and oxygen atoms in total. The lowest BCUT2D eigenvalue weighted by Gasteiger charge is -2.18. The average molecular weight is 379 g/mol. The predicted octanol–water partition coefficient (Wildman–Crippen LogP) is 7.38. The third-order valence-electron chi connectivity index (χ3n) is 5.69. The second-order valence-corrected chi connectivity index (χ2v) is 8.06. The highest BCUT2D eigenvalue weighted by Crippen LogP contribution is 2.37. The summed E-state index contributed by atoms with van der Waals surface area (Å²) in [5.74, 6) is 1.67. The highest BCUT2D eigenvalue weighted by atomic mass is 16.5. The molecule has 3 heteroatoms. The Labute approximate surface area is 169 Å². The molecule has 0 radical (unpaired) electrons. The van der Waals surface area contributed by atoms with E-state index in [0.717, 1.165) is 48.4 Å². The van der Waals surface area contributed by atoms with Crippen molar-refractivity contribution in [2.24, 2.45) is 0 Å². The molecular formula is C25H34N2O. The lowest BCUT2D eigenvalue weighted by Crippen LogP contribution is -2.05. The van der Waals surface area contributed by atoms with Crippen LogP contribution in [0, 0.1) is 27.7 Å². The molecule has 0 N–H and O–H groups in total. The summed E-state index contributed by atoms with van der Waals surface area (Å²) in [6.07, 6.45) is 6.76. The molecule has 0 atom stereocenters. The van der Waals surface area contributed by atoms with Crippen molar-refractivity contribution in [1.82, 2.24) is 9.55 Å². The van der Waals surface area contributed by atoms with Crippen LogP contribution in [0.3, 0.4) is 0 Å². The van der Waals surface area contributed by atoms with Gasteiger partial charge >= 0.3 is 0 Å². The highest BCUT2D eigenvalue weighted by molar-refractivity contribution is 5.89. The quantitative estimate of drug-likeness (QED) is 0.429. The van der Waals surface area contributed by atoms with Crippen molar-refractivity contribution in [2.45, 2.75) is 80.2 Å². The van der Waals surface area contributed by atoms with Gasteiger partial charge < -0.3 is 9.30 Å². The van der Waals surface area contributed by atoms with Crippen LogP contribution in [0.5, 0.6) is 11.6 Å². The Morgan fingerprint density at radius 3 is 2.14 bits per heavy atom. The zero-order valence-corrected chi connectivity index (χ0v) is 18.5. The number of ether oxygens (including phenoxy) is 1. The molecule has 1 aromatic carbocycles. The van der Waals surface area contributed by atoms with Gasteiger partial charge in [0.05, 0.1) is 10.9 Å². The molecule has 3 aromatic rings. The summed E-state index contributed by atoms with van der Waals surface area (Å²) < 4.78 is 8.90. The number of rotatable bonds is 7. The number of benzene rings is 1. The van der Waals surface area contributed by atoms with Gasteiger partial charge in [0.25, 0.3) is 0 Å². The molecule has 28 heavy (non-hydrogen) atoms. The smallest absolute Gasteiger partial charge is 0.229 e. The monoisotopic (exact) mass is 378 g/mol. The molecule has 0 aliphatic rings. The Hall–Kier alpha value is -2.29. The Morgan fingerprint density at radius 2 is 1.57 bits per heavy atom. The first-order valence-electron chi connectivity index (χ1n) is 10.7. The maximum Gasteiger partial charge on any atom is 0.229 e. The van der Waals surface area contributed by atoms with Gasteiger partial charge in [0, 0.05) is 17.9 Å². The normalized spacial score (nSPS) is 11.6. The van der Waals surface area contributed by atoms with E-state index in [1.807, 2.05) is 0 Å². The minimum absolute atomic E-state index is 0.502. The highest BCUT2D eigenvalue weighted by Gasteiger charge is 2.19. The second-order valence-electron chi connectivity index (χ2n) is 8.06. The van der Waals surface area contributed by atoms with Crippen LogP contribution in [0.25, 0.3) is 10.9 Å². The maximum absolute atomic E-state index is 6.48. The topological polar surface area (TPSA) is 27.1 Å².